The number of hydrogen-bond acceptors (Lipinski definition) is 3. The molecule has 0 N–H and O–H groups in total. The molecule has 0 radical (unpaired) electrons. The lowest BCUT2D eigenvalue weighted by molar-refractivity contribution is 0.0678. The van der Waals surface area contributed by atoms with Crippen LogP contribution in [0.4, 0.5) is 5.69 Å². The molecule has 2 fully saturated rings. The monoisotopic (exact) mass is 316 g/mol. The lowest BCUT2D eigenvalue weighted by Gasteiger charge is -2.30. The van der Waals surface area contributed by atoms with Crippen LogP contribution in [0, 0.1) is 5.92 Å². The summed E-state index contributed by atoms with van der Waals surface area (Å²) in [6.07, 6.45) is 0.266. The van der Waals surface area contributed by atoms with E-state index in [-0.39, 0.29) is 6.23 Å². The quantitative estimate of drug-likeness (QED) is 0.819. The normalized spacial score (nSPS) is 25.2. The molecular weight excluding hydrogens is 284 g/mol. The van der Waals surface area contributed by atoms with E-state index in [0.717, 1.165) is 19.8 Å². The van der Waals surface area contributed by atoms with Gasteiger partial charge in [-0.2, -0.15) is 0 Å². The Kier molecular flexibility index (Phi) is 4.70. The summed E-state index contributed by atoms with van der Waals surface area (Å²) in [5, 5.41) is 0. The van der Waals surface area contributed by atoms with Crippen LogP contribution in [0.1, 0.15) is 64.5 Å². The summed E-state index contributed by atoms with van der Waals surface area (Å²) in [7, 11) is 0. The van der Waals surface area contributed by atoms with E-state index in [2.05, 4.69) is 69.5 Å². The van der Waals surface area contributed by atoms with Gasteiger partial charge in [-0.3, -0.25) is 4.90 Å². The van der Waals surface area contributed by atoms with Crippen LogP contribution in [0.5, 0.6) is 0 Å². The smallest absolute Gasteiger partial charge is 0.130 e. The molecule has 0 amide bonds. The van der Waals surface area contributed by atoms with Crippen molar-refractivity contribution in [1.29, 1.82) is 0 Å². The van der Waals surface area contributed by atoms with Gasteiger partial charge in [0.25, 0.3) is 0 Å². The molecule has 1 unspecified atom stereocenters. The average Bonchev–Trinajstić information content (AvgIpc) is 3.05. The summed E-state index contributed by atoms with van der Waals surface area (Å²) in [6.45, 7) is 16.7. The fourth-order valence-electron chi connectivity index (χ4n) is 4.03. The van der Waals surface area contributed by atoms with Gasteiger partial charge in [0.05, 0.1) is 19.8 Å². The number of fused-ring (bicyclic) bond motifs is 1. The first-order valence-electron chi connectivity index (χ1n) is 9.15. The highest BCUT2D eigenvalue weighted by molar-refractivity contribution is 5.62. The Labute approximate surface area is 141 Å². The predicted molar refractivity (Wildman–Crippen MR) is 97.0 cm³/mol. The third-order valence-corrected chi connectivity index (χ3v) is 5.39. The van der Waals surface area contributed by atoms with Gasteiger partial charge in [-0.1, -0.05) is 59.7 Å². The van der Waals surface area contributed by atoms with Crippen LogP contribution in [0.3, 0.4) is 0 Å². The van der Waals surface area contributed by atoms with Crippen LogP contribution >= 0.6 is 0 Å². The van der Waals surface area contributed by atoms with Crippen LogP contribution in [-0.4, -0.2) is 37.0 Å². The zero-order chi connectivity index (χ0) is 16.7. The molecule has 2 aliphatic heterocycles. The first kappa shape index (κ1) is 16.8. The molecule has 0 saturated carbocycles. The van der Waals surface area contributed by atoms with Crippen LogP contribution in [-0.2, 0) is 4.74 Å². The number of anilines is 1. The lowest BCUT2D eigenvalue weighted by Crippen LogP contribution is -2.38. The average molecular weight is 316 g/mol. The molecule has 1 aromatic carbocycles. The first-order valence-corrected chi connectivity index (χ1v) is 9.15. The third-order valence-electron chi connectivity index (χ3n) is 5.39. The van der Waals surface area contributed by atoms with Crippen molar-refractivity contribution in [1.82, 2.24) is 4.90 Å². The molecule has 3 nitrogen and oxygen atoms in total. The number of benzene rings is 1. The predicted octanol–water partition coefficient (Wildman–Crippen LogP) is 4.39. The number of rotatable bonds is 4. The minimum atomic E-state index is 0.266. The van der Waals surface area contributed by atoms with Crippen LogP contribution in [0.15, 0.2) is 18.2 Å². The maximum absolute atomic E-state index is 6.09. The summed E-state index contributed by atoms with van der Waals surface area (Å²) >= 11 is 0. The molecule has 0 spiro atoms. The Morgan fingerprint density at radius 3 is 2.13 bits per heavy atom. The number of para-hydroxylation sites is 1. The fourth-order valence-corrected chi connectivity index (χ4v) is 4.03. The molecule has 0 bridgehead atoms. The van der Waals surface area contributed by atoms with Crippen molar-refractivity contribution in [3.63, 3.8) is 0 Å². The van der Waals surface area contributed by atoms with Crippen molar-refractivity contribution in [3.05, 3.63) is 29.3 Å². The standard InChI is InChI=1S/C20H32N2O/c1-13(2)16-8-7-9-17(14(3)4)20(16)21-10-19-22(12-21)18(11-23-19)15(5)6/h7-9,13-15,18-19H,10-12H2,1-6H3/t18-,19?/m1/s1. The molecule has 3 rings (SSSR count). The molecule has 0 aromatic heterocycles. The van der Waals surface area contributed by atoms with E-state index >= 15 is 0 Å². The topological polar surface area (TPSA) is 15.7 Å². The second kappa shape index (κ2) is 6.45. The molecular formula is C20H32N2O. The van der Waals surface area contributed by atoms with Gasteiger partial charge in [0.1, 0.15) is 6.23 Å². The Morgan fingerprint density at radius 1 is 1.00 bits per heavy atom. The van der Waals surface area contributed by atoms with Crippen molar-refractivity contribution in [3.8, 4) is 0 Å². The van der Waals surface area contributed by atoms with Gasteiger partial charge in [-0.05, 0) is 28.9 Å². The van der Waals surface area contributed by atoms with Gasteiger partial charge in [-0.25, -0.2) is 0 Å². The molecule has 1 aromatic rings. The fraction of sp³-hybridized carbons (Fsp3) is 0.700. The van der Waals surface area contributed by atoms with Crippen molar-refractivity contribution < 1.29 is 4.74 Å². The molecule has 2 aliphatic rings. The first-order chi connectivity index (χ1) is 10.9. The minimum absolute atomic E-state index is 0.266. The largest absolute Gasteiger partial charge is 0.360 e. The lowest BCUT2D eigenvalue weighted by atomic mass is 9.92. The van der Waals surface area contributed by atoms with Crippen LogP contribution in [0.25, 0.3) is 0 Å². The van der Waals surface area contributed by atoms with Crippen LogP contribution in [0.2, 0.25) is 0 Å². The van der Waals surface area contributed by atoms with E-state index in [1.807, 2.05) is 0 Å². The maximum atomic E-state index is 6.09. The number of ether oxygens (including phenoxy) is 1. The number of hydrogen-bond donors (Lipinski definition) is 0. The zero-order valence-electron chi connectivity index (χ0n) is 15.5. The summed E-state index contributed by atoms with van der Waals surface area (Å²) in [4.78, 5) is 5.12. The van der Waals surface area contributed by atoms with Crippen LogP contribution < -0.4 is 4.90 Å². The summed E-state index contributed by atoms with van der Waals surface area (Å²) in [5.41, 5.74) is 4.40. The van der Waals surface area contributed by atoms with E-state index < -0.39 is 0 Å². The molecule has 2 atom stereocenters. The Bertz CT molecular complexity index is 526. The van der Waals surface area contributed by atoms with Crippen molar-refractivity contribution in [2.45, 2.75) is 65.6 Å². The summed E-state index contributed by atoms with van der Waals surface area (Å²) in [5.74, 6) is 1.73. The van der Waals surface area contributed by atoms with Gasteiger partial charge in [0, 0.05) is 11.7 Å². The molecule has 2 saturated heterocycles. The second-order valence-electron chi connectivity index (χ2n) is 8.07. The maximum Gasteiger partial charge on any atom is 0.130 e. The highest BCUT2D eigenvalue weighted by Gasteiger charge is 2.43. The van der Waals surface area contributed by atoms with Gasteiger partial charge in [-0.15, -0.1) is 0 Å². The van der Waals surface area contributed by atoms with Crippen molar-refractivity contribution >= 4 is 5.69 Å². The van der Waals surface area contributed by atoms with Crippen molar-refractivity contribution in [2.75, 3.05) is 24.7 Å². The SMILES string of the molecule is CC(C)c1cccc(C(C)C)c1N1CC2OC[C@H](C(C)C)N2C1. The Morgan fingerprint density at radius 2 is 1.61 bits per heavy atom. The minimum Gasteiger partial charge on any atom is -0.360 e. The van der Waals surface area contributed by atoms with Gasteiger partial charge in [0.15, 0.2) is 0 Å². The van der Waals surface area contributed by atoms with Crippen molar-refractivity contribution in [2.24, 2.45) is 5.92 Å². The van der Waals surface area contributed by atoms with E-state index in [1.165, 1.54) is 16.8 Å². The van der Waals surface area contributed by atoms with Gasteiger partial charge < -0.3 is 9.64 Å². The highest BCUT2D eigenvalue weighted by atomic mass is 16.5. The molecule has 128 valence electrons. The zero-order valence-corrected chi connectivity index (χ0v) is 15.5. The summed E-state index contributed by atoms with van der Waals surface area (Å²) in [6, 6.07) is 7.38. The van der Waals surface area contributed by atoms with Gasteiger partial charge >= 0.3 is 0 Å². The Hall–Kier alpha value is -1.06. The van der Waals surface area contributed by atoms with E-state index in [0.29, 0.717) is 23.8 Å². The Balaban J connectivity index is 1.94. The van der Waals surface area contributed by atoms with E-state index in [1.54, 1.807) is 0 Å². The third kappa shape index (κ3) is 3.01. The molecule has 23 heavy (non-hydrogen) atoms. The molecule has 3 heteroatoms. The summed E-state index contributed by atoms with van der Waals surface area (Å²) < 4.78 is 6.09. The molecule has 2 heterocycles. The number of nitrogens with zero attached hydrogens (tertiary/aromatic N) is 2. The van der Waals surface area contributed by atoms with Gasteiger partial charge in [0.2, 0.25) is 0 Å². The van der Waals surface area contributed by atoms with E-state index in [4.69, 9.17) is 4.74 Å². The highest BCUT2D eigenvalue weighted by Crippen LogP contribution is 2.39. The second-order valence-corrected chi connectivity index (χ2v) is 8.07. The van der Waals surface area contributed by atoms with E-state index in [9.17, 15) is 0 Å². The molecule has 0 aliphatic carbocycles.